The zero-order valence-corrected chi connectivity index (χ0v) is 31.2. The molecule has 1 aromatic rings. The van der Waals surface area contributed by atoms with Crippen molar-refractivity contribution in [2.24, 2.45) is 22.4 Å². The van der Waals surface area contributed by atoms with Crippen LogP contribution in [0.4, 0.5) is 0 Å². The molecular formula is C38H55N5O8. The lowest BCUT2D eigenvalue weighted by atomic mass is 9.85. The van der Waals surface area contributed by atoms with E-state index in [0.717, 1.165) is 44.1 Å². The molecule has 0 unspecified atom stereocenters. The highest BCUT2D eigenvalue weighted by Gasteiger charge is 2.56. The largest absolute Gasteiger partial charge is 0.496 e. The predicted molar refractivity (Wildman–Crippen MR) is 190 cm³/mol. The number of ketones is 1. The molecule has 4 atom stereocenters. The van der Waals surface area contributed by atoms with E-state index >= 15 is 0 Å². The molecule has 1 spiro atoms. The number of hydrogen-bond acceptors (Lipinski definition) is 9. The Bertz CT molecular complexity index is 1540. The van der Waals surface area contributed by atoms with Crippen LogP contribution in [0.2, 0.25) is 0 Å². The van der Waals surface area contributed by atoms with Crippen LogP contribution >= 0.6 is 0 Å². The topological polar surface area (TPSA) is 165 Å². The first-order valence-corrected chi connectivity index (χ1v) is 18.4. The van der Waals surface area contributed by atoms with Crippen molar-refractivity contribution in [1.29, 1.82) is 0 Å². The molecule has 3 N–H and O–H groups in total. The summed E-state index contributed by atoms with van der Waals surface area (Å²) in [4.78, 5) is 75.7. The first-order chi connectivity index (χ1) is 24.2. The molecule has 0 aromatic heterocycles. The fourth-order valence-corrected chi connectivity index (χ4v) is 7.66. The average Bonchev–Trinajstić information content (AvgIpc) is 3.42. The van der Waals surface area contributed by atoms with Gasteiger partial charge in [0.15, 0.2) is 5.60 Å². The highest BCUT2D eigenvalue weighted by molar-refractivity contribution is 6.38. The number of ether oxygens (including phenoxy) is 2. The molecule has 4 aliphatic rings. The van der Waals surface area contributed by atoms with Crippen LogP contribution in [0.5, 0.6) is 11.5 Å². The minimum absolute atomic E-state index is 0.0248. The molecule has 2 aliphatic carbocycles. The highest BCUT2D eigenvalue weighted by atomic mass is 16.7. The van der Waals surface area contributed by atoms with Crippen molar-refractivity contribution in [3.8, 4) is 11.5 Å². The van der Waals surface area contributed by atoms with Crippen LogP contribution in [-0.2, 0) is 28.8 Å². The van der Waals surface area contributed by atoms with Gasteiger partial charge in [0, 0.05) is 37.4 Å². The summed E-state index contributed by atoms with van der Waals surface area (Å²) in [5, 5.41) is 12.9. The Morgan fingerprint density at radius 2 is 1.69 bits per heavy atom. The van der Waals surface area contributed by atoms with E-state index in [1.54, 1.807) is 27.2 Å². The first-order valence-electron chi connectivity index (χ1n) is 18.4. The van der Waals surface area contributed by atoms with Crippen molar-refractivity contribution in [2.75, 3.05) is 27.3 Å². The Kier molecular flexibility index (Phi) is 11.7. The van der Waals surface area contributed by atoms with Gasteiger partial charge in [-0.2, -0.15) is 0 Å². The van der Waals surface area contributed by atoms with Gasteiger partial charge in [-0.05, 0) is 62.0 Å². The van der Waals surface area contributed by atoms with Crippen molar-refractivity contribution in [3.05, 3.63) is 23.3 Å². The van der Waals surface area contributed by atoms with Crippen molar-refractivity contribution < 1.29 is 38.3 Å². The molecule has 280 valence electrons. The Labute approximate surface area is 300 Å². The number of nitrogens with one attached hydrogen (secondary N) is 3. The fraction of sp³-hybridized carbons (Fsp3) is 0.684. The fourth-order valence-electron chi connectivity index (χ4n) is 7.66. The van der Waals surface area contributed by atoms with Gasteiger partial charge < -0.3 is 35.2 Å². The second-order valence-electron chi connectivity index (χ2n) is 15.9. The number of hydrogen-bond donors (Lipinski definition) is 3. The van der Waals surface area contributed by atoms with Crippen LogP contribution < -0.4 is 25.4 Å². The average molecular weight is 710 g/mol. The normalized spacial score (nSPS) is 22.9. The lowest BCUT2D eigenvalue weighted by molar-refractivity contribution is -0.145. The van der Waals surface area contributed by atoms with Crippen molar-refractivity contribution in [1.82, 2.24) is 20.9 Å². The molecular weight excluding hydrogens is 654 g/mol. The van der Waals surface area contributed by atoms with E-state index in [0.29, 0.717) is 41.5 Å². The quantitative estimate of drug-likeness (QED) is 0.247. The molecule has 2 heterocycles. The monoisotopic (exact) mass is 709 g/mol. The molecule has 13 heteroatoms. The third-order valence-electron chi connectivity index (χ3n) is 10.7. The number of likely N-dealkylation sites (tertiary alicyclic amines) is 1. The second kappa shape index (κ2) is 15.6. The Morgan fingerprint density at radius 1 is 1.00 bits per heavy atom. The summed E-state index contributed by atoms with van der Waals surface area (Å²) in [6.07, 6.45) is 7.09. The van der Waals surface area contributed by atoms with Gasteiger partial charge in [-0.1, -0.05) is 51.6 Å². The summed E-state index contributed by atoms with van der Waals surface area (Å²) in [6, 6.07) is 0.685. The molecule has 5 rings (SSSR count). The third-order valence-corrected chi connectivity index (χ3v) is 10.7. The van der Waals surface area contributed by atoms with Gasteiger partial charge in [-0.3, -0.25) is 24.0 Å². The third kappa shape index (κ3) is 8.84. The molecule has 4 amide bonds. The molecule has 13 nitrogen and oxygen atoms in total. The number of rotatable bonds is 14. The number of benzene rings is 1. The van der Waals surface area contributed by atoms with E-state index in [1.807, 2.05) is 33.8 Å². The number of Topliss-reactive ketones (excluding diaryl/α,β-unsaturated/α-hetero) is 1. The molecule has 1 saturated heterocycles. The maximum atomic E-state index is 14.7. The summed E-state index contributed by atoms with van der Waals surface area (Å²) in [5.41, 5.74) is 0.437. The van der Waals surface area contributed by atoms with E-state index in [9.17, 15) is 24.0 Å². The minimum atomic E-state index is -1.06. The highest BCUT2D eigenvalue weighted by Crippen LogP contribution is 2.42. The van der Waals surface area contributed by atoms with Gasteiger partial charge >= 0.3 is 0 Å². The van der Waals surface area contributed by atoms with Crippen molar-refractivity contribution in [3.63, 3.8) is 0 Å². The van der Waals surface area contributed by atoms with Gasteiger partial charge in [0.25, 0.3) is 5.91 Å². The lowest BCUT2D eigenvalue weighted by Crippen LogP contribution is -2.59. The van der Waals surface area contributed by atoms with Crippen LogP contribution in [0.1, 0.15) is 103 Å². The van der Waals surface area contributed by atoms with Gasteiger partial charge in [0.2, 0.25) is 23.5 Å². The van der Waals surface area contributed by atoms with Crippen LogP contribution in [-0.4, -0.2) is 91.1 Å². The van der Waals surface area contributed by atoms with E-state index in [4.69, 9.17) is 14.3 Å². The molecule has 0 bridgehead atoms. The van der Waals surface area contributed by atoms with Crippen molar-refractivity contribution in [2.45, 2.75) is 123 Å². The maximum absolute atomic E-state index is 14.7. The Balaban J connectivity index is 1.43. The summed E-state index contributed by atoms with van der Waals surface area (Å²) < 4.78 is 11.1. The van der Waals surface area contributed by atoms with Gasteiger partial charge in [0.05, 0.1) is 32.5 Å². The second-order valence-corrected chi connectivity index (χ2v) is 15.9. The SMILES string of the molecule is CCNC(=O)C(=O)[C@H](CC1CC1)NC(=O)[C@@H]1C[C@]2(CC(c3cc(C)c(OC)cc3OC)=NO2)CN1C(=O)[C@@H](NC(=O)CC1CCCC1)C(C)(C)C. The van der Waals surface area contributed by atoms with Gasteiger partial charge in [-0.25, -0.2) is 0 Å². The zero-order chi connectivity index (χ0) is 37.1. The summed E-state index contributed by atoms with van der Waals surface area (Å²) in [5.74, 6) is -0.887. The molecule has 2 aliphatic heterocycles. The number of likely N-dealkylation sites (N-methyl/N-ethyl adjacent to an activating group) is 1. The van der Waals surface area contributed by atoms with Gasteiger partial charge in [0.1, 0.15) is 23.6 Å². The number of carbonyl (C=O) groups is 5. The Morgan fingerprint density at radius 3 is 2.29 bits per heavy atom. The maximum Gasteiger partial charge on any atom is 0.289 e. The number of aryl methyl sites for hydroxylation is 1. The van der Waals surface area contributed by atoms with Crippen LogP contribution in [0.15, 0.2) is 17.3 Å². The van der Waals surface area contributed by atoms with E-state index in [-0.39, 0.29) is 37.8 Å². The number of amides is 4. The Hall–Kier alpha value is -4.16. The minimum Gasteiger partial charge on any atom is -0.496 e. The lowest BCUT2D eigenvalue weighted by Gasteiger charge is -2.36. The van der Waals surface area contributed by atoms with Gasteiger partial charge in [-0.15, -0.1) is 0 Å². The molecule has 0 radical (unpaired) electrons. The van der Waals surface area contributed by atoms with Crippen LogP contribution in [0, 0.1) is 24.2 Å². The number of methoxy groups -OCH3 is 2. The van der Waals surface area contributed by atoms with E-state index in [1.165, 1.54) is 4.90 Å². The molecule has 2 saturated carbocycles. The first kappa shape index (κ1) is 38.1. The summed E-state index contributed by atoms with van der Waals surface area (Å²) in [7, 11) is 3.15. The number of oxime groups is 1. The number of carbonyl (C=O) groups excluding carboxylic acids is 5. The summed E-state index contributed by atoms with van der Waals surface area (Å²) >= 11 is 0. The molecule has 3 fully saturated rings. The summed E-state index contributed by atoms with van der Waals surface area (Å²) in [6.45, 7) is 9.59. The smallest absolute Gasteiger partial charge is 0.289 e. The zero-order valence-electron chi connectivity index (χ0n) is 31.2. The van der Waals surface area contributed by atoms with Crippen LogP contribution in [0.3, 0.4) is 0 Å². The standard InChI is InChI=1S/C38H55N5O8/c1-8-39-35(47)32(45)26(16-24-13-14-24)40-34(46)28-20-38(19-27(42-51-38)25-15-22(2)29(49-6)18-30(25)50-7)21-43(28)36(48)33(37(3,4)5)41-31(44)17-23-11-9-10-12-23/h15,18,23-24,26,28,33H,8-14,16-17,19-21H2,1-7H3,(H,39,47)(H,40,46)(H,41,44)/t26-,28-,33+,38+/m0/s1. The predicted octanol–water partition coefficient (Wildman–Crippen LogP) is 3.58. The van der Waals surface area contributed by atoms with E-state index in [2.05, 4.69) is 21.1 Å². The number of nitrogens with zero attached hydrogens (tertiary/aromatic N) is 2. The molecule has 1 aromatic carbocycles. The van der Waals surface area contributed by atoms with E-state index < -0.39 is 52.6 Å². The van der Waals surface area contributed by atoms with Crippen molar-refractivity contribution >= 4 is 35.1 Å². The van der Waals surface area contributed by atoms with Crippen LogP contribution in [0.25, 0.3) is 0 Å². The molecule has 51 heavy (non-hydrogen) atoms.